The highest BCUT2D eigenvalue weighted by Gasteiger charge is 2.13. The standard InChI is InChI=1S/C27H38N2O3/c1-5-6-7-8-9-10-19-31-24-15-11-22(12-16-24)20-28-29-26(30)21-32-25-17-13-23(14-18-25)27(2,3)4/h11-18,20H,5-10,19,21H2,1-4H3,(H,29,30). The monoisotopic (exact) mass is 438 g/mol. The Labute approximate surface area is 193 Å². The third kappa shape index (κ3) is 9.99. The molecule has 1 amide bonds. The Kier molecular flexibility index (Phi) is 10.8. The minimum Gasteiger partial charge on any atom is -0.494 e. The number of ether oxygens (including phenoxy) is 2. The van der Waals surface area contributed by atoms with E-state index in [9.17, 15) is 4.79 Å². The first-order chi connectivity index (χ1) is 15.4. The molecule has 0 fully saturated rings. The van der Waals surface area contributed by atoms with E-state index in [2.05, 4.69) is 38.2 Å². The summed E-state index contributed by atoms with van der Waals surface area (Å²) in [7, 11) is 0. The Morgan fingerprint density at radius 2 is 1.47 bits per heavy atom. The number of hydrogen-bond acceptors (Lipinski definition) is 4. The lowest BCUT2D eigenvalue weighted by molar-refractivity contribution is -0.123. The van der Waals surface area contributed by atoms with Crippen LogP contribution in [0.3, 0.4) is 0 Å². The molecule has 0 radical (unpaired) electrons. The van der Waals surface area contributed by atoms with Crippen LogP contribution in [0.4, 0.5) is 0 Å². The van der Waals surface area contributed by atoms with Gasteiger partial charge in [-0.2, -0.15) is 5.10 Å². The molecule has 0 unspecified atom stereocenters. The van der Waals surface area contributed by atoms with E-state index in [1.54, 1.807) is 6.21 Å². The summed E-state index contributed by atoms with van der Waals surface area (Å²) in [6.07, 6.45) is 9.11. The molecular formula is C27H38N2O3. The van der Waals surface area contributed by atoms with E-state index >= 15 is 0 Å². The summed E-state index contributed by atoms with van der Waals surface area (Å²) in [5, 5.41) is 4.00. The van der Waals surface area contributed by atoms with E-state index in [-0.39, 0.29) is 17.9 Å². The predicted octanol–water partition coefficient (Wildman–Crippen LogP) is 6.25. The minimum absolute atomic E-state index is 0.0859. The molecule has 0 aromatic heterocycles. The third-order valence-electron chi connectivity index (χ3n) is 5.14. The fourth-order valence-electron chi connectivity index (χ4n) is 3.13. The van der Waals surface area contributed by atoms with E-state index in [4.69, 9.17) is 9.47 Å². The second kappa shape index (κ2) is 13.6. The van der Waals surface area contributed by atoms with Gasteiger partial charge in [-0.25, -0.2) is 5.43 Å². The summed E-state index contributed by atoms with van der Waals surface area (Å²) in [4.78, 5) is 11.9. The normalized spacial score (nSPS) is 11.5. The quantitative estimate of drug-likeness (QED) is 0.228. The summed E-state index contributed by atoms with van der Waals surface area (Å²) in [6.45, 7) is 9.36. The van der Waals surface area contributed by atoms with Crippen LogP contribution in [0.15, 0.2) is 53.6 Å². The van der Waals surface area contributed by atoms with Crippen molar-refractivity contribution in [2.45, 2.75) is 71.6 Å². The van der Waals surface area contributed by atoms with Gasteiger partial charge >= 0.3 is 0 Å². The zero-order chi connectivity index (χ0) is 23.2. The third-order valence-corrected chi connectivity index (χ3v) is 5.14. The molecule has 174 valence electrons. The van der Waals surface area contributed by atoms with Gasteiger partial charge < -0.3 is 9.47 Å². The molecule has 2 rings (SSSR count). The number of unbranched alkanes of at least 4 members (excludes halogenated alkanes) is 5. The fourth-order valence-corrected chi connectivity index (χ4v) is 3.13. The Morgan fingerprint density at radius 1 is 0.875 bits per heavy atom. The van der Waals surface area contributed by atoms with Crippen molar-refractivity contribution >= 4 is 12.1 Å². The lowest BCUT2D eigenvalue weighted by Gasteiger charge is -2.19. The van der Waals surface area contributed by atoms with Gasteiger partial charge in [-0.15, -0.1) is 0 Å². The molecule has 0 aliphatic carbocycles. The number of carbonyl (C=O) groups excluding carboxylic acids is 1. The predicted molar refractivity (Wildman–Crippen MR) is 132 cm³/mol. The molecule has 5 nitrogen and oxygen atoms in total. The highest BCUT2D eigenvalue weighted by atomic mass is 16.5. The second-order valence-corrected chi connectivity index (χ2v) is 9.04. The SMILES string of the molecule is CCCCCCCCOc1ccc(C=NNC(=O)COc2ccc(C(C)(C)C)cc2)cc1. The fraction of sp³-hybridized carbons (Fsp3) is 0.481. The summed E-state index contributed by atoms with van der Waals surface area (Å²) >= 11 is 0. The Balaban J connectivity index is 1.65. The van der Waals surface area contributed by atoms with Crippen molar-refractivity contribution in [3.05, 3.63) is 59.7 Å². The van der Waals surface area contributed by atoms with E-state index in [0.29, 0.717) is 5.75 Å². The van der Waals surface area contributed by atoms with Gasteiger partial charge in [0.2, 0.25) is 0 Å². The van der Waals surface area contributed by atoms with Crippen LogP contribution in [0.5, 0.6) is 11.5 Å². The van der Waals surface area contributed by atoms with E-state index in [0.717, 1.165) is 24.3 Å². The highest BCUT2D eigenvalue weighted by Crippen LogP contribution is 2.24. The van der Waals surface area contributed by atoms with E-state index in [1.807, 2.05) is 48.5 Å². The molecule has 0 saturated carbocycles. The van der Waals surface area contributed by atoms with Crippen LogP contribution < -0.4 is 14.9 Å². The molecule has 0 saturated heterocycles. The first-order valence-electron chi connectivity index (χ1n) is 11.7. The maximum atomic E-state index is 11.9. The number of hydrogen-bond donors (Lipinski definition) is 1. The molecular weight excluding hydrogens is 400 g/mol. The van der Waals surface area contributed by atoms with Crippen LogP contribution in [0.2, 0.25) is 0 Å². The van der Waals surface area contributed by atoms with Crippen molar-refractivity contribution in [1.29, 1.82) is 0 Å². The molecule has 2 aromatic rings. The number of hydrazone groups is 1. The molecule has 0 heterocycles. The van der Waals surface area contributed by atoms with Gasteiger partial charge in [0.05, 0.1) is 12.8 Å². The van der Waals surface area contributed by atoms with Crippen LogP contribution in [-0.4, -0.2) is 25.3 Å². The van der Waals surface area contributed by atoms with E-state index < -0.39 is 0 Å². The largest absolute Gasteiger partial charge is 0.494 e. The Morgan fingerprint density at radius 3 is 2.12 bits per heavy atom. The van der Waals surface area contributed by atoms with Crippen molar-refractivity contribution in [2.75, 3.05) is 13.2 Å². The molecule has 0 aliphatic heterocycles. The number of nitrogens with zero attached hydrogens (tertiary/aromatic N) is 1. The zero-order valence-electron chi connectivity index (χ0n) is 20.0. The summed E-state index contributed by atoms with van der Waals surface area (Å²) in [6, 6.07) is 15.5. The second-order valence-electron chi connectivity index (χ2n) is 9.04. The average Bonchev–Trinajstić information content (AvgIpc) is 2.78. The molecule has 1 N–H and O–H groups in total. The molecule has 32 heavy (non-hydrogen) atoms. The first kappa shape index (κ1) is 25.4. The number of benzene rings is 2. The zero-order valence-corrected chi connectivity index (χ0v) is 20.0. The molecule has 5 heteroatoms. The molecule has 2 aromatic carbocycles. The molecule has 0 bridgehead atoms. The lowest BCUT2D eigenvalue weighted by atomic mass is 9.87. The van der Waals surface area contributed by atoms with Crippen molar-refractivity contribution < 1.29 is 14.3 Å². The number of nitrogens with one attached hydrogen (secondary N) is 1. The van der Waals surface area contributed by atoms with Crippen molar-refractivity contribution in [3.8, 4) is 11.5 Å². The van der Waals surface area contributed by atoms with Crippen molar-refractivity contribution in [1.82, 2.24) is 5.43 Å². The van der Waals surface area contributed by atoms with Crippen LogP contribution in [0, 0.1) is 0 Å². The number of rotatable bonds is 13. The maximum absolute atomic E-state index is 11.9. The number of amides is 1. The maximum Gasteiger partial charge on any atom is 0.277 e. The molecule has 0 spiro atoms. The van der Waals surface area contributed by atoms with Gasteiger partial charge in [-0.05, 0) is 59.4 Å². The smallest absolute Gasteiger partial charge is 0.277 e. The Bertz CT molecular complexity index is 821. The number of carbonyl (C=O) groups is 1. The minimum atomic E-state index is -0.306. The van der Waals surface area contributed by atoms with Gasteiger partial charge in [0.15, 0.2) is 6.61 Å². The van der Waals surface area contributed by atoms with Gasteiger partial charge in [0.25, 0.3) is 5.91 Å². The van der Waals surface area contributed by atoms with Crippen LogP contribution in [0.1, 0.15) is 77.3 Å². The van der Waals surface area contributed by atoms with E-state index in [1.165, 1.54) is 37.7 Å². The van der Waals surface area contributed by atoms with Gasteiger partial charge in [-0.1, -0.05) is 71.9 Å². The van der Waals surface area contributed by atoms with Gasteiger partial charge in [0, 0.05) is 0 Å². The summed E-state index contributed by atoms with van der Waals surface area (Å²) in [5.74, 6) is 1.21. The molecule has 0 atom stereocenters. The molecule has 0 aliphatic rings. The van der Waals surface area contributed by atoms with Gasteiger partial charge in [-0.3, -0.25) is 4.79 Å². The van der Waals surface area contributed by atoms with Gasteiger partial charge in [0.1, 0.15) is 11.5 Å². The summed E-state index contributed by atoms with van der Waals surface area (Å²) < 4.78 is 11.3. The van der Waals surface area contributed by atoms with Crippen LogP contribution >= 0.6 is 0 Å². The lowest BCUT2D eigenvalue weighted by Crippen LogP contribution is -2.24. The average molecular weight is 439 g/mol. The summed E-state index contributed by atoms with van der Waals surface area (Å²) in [5.41, 5.74) is 4.68. The van der Waals surface area contributed by atoms with Crippen molar-refractivity contribution in [2.24, 2.45) is 5.10 Å². The first-order valence-corrected chi connectivity index (χ1v) is 11.7. The van der Waals surface area contributed by atoms with Crippen LogP contribution in [-0.2, 0) is 10.2 Å². The highest BCUT2D eigenvalue weighted by molar-refractivity contribution is 5.83. The van der Waals surface area contributed by atoms with Crippen molar-refractivity contribution in [3.63, 3.8) is 0 Å². The topological polar surface area (TPSA) is 59.9 Å². The van der Waals surface area contributed by atoms with Crippen LogP contribution in [0.25, 0.3) is 0 Å². The Hall–Kier alpha value is -2.82.